The van der Waals surface area contributed by atoms with E-state index in [2.05, 4.69) is 10.3 Å². The van der Waals surface area contributed by atoms with Crippen molar-refractivity contribution in [1.82, 2.24) is 20.2 Å². The molecule has 0 aromatic carbocycles. The van der Waals surface area contributed by atoms with E-state index in [-0.39, 0.29) is 23.8 Å². The van der Waals surface area contributed by atoms with Crippen LogP contribution in [0.15, 0.2) is 36.7 Å². The Morgan fingerprint density at radius 3 is 2.73 bits per heavy atom. The zero-order valence-electron chi connectivity index (χ0n) is 17.3. The normalized spacial score (nSPS) is 19.6. The lowest BCUT2D eigenvalue weighted by Gasteiger charge is -2.33. The van der Waals surface area contributed by atoms with Crippen LogP contribution in [0.1, 0.15) is 58.9 Å². The molecule has 1 atom stereocenters. The Hall–Kier alpha value is -2.80. The van der Waals surface area contributed by atoms with Gasteiger partial charge in [-0.25, -0.2) is 0 Å². The minimum Gasteiger partial charge on any atom is -0.368 e. The van der Waals surface area contributed by atoms with Gasteiger partial charge < -0.3 is 15.0 Å². The van der Waals surface area contributed by atoms with Gasteiger partial charge in [0.25, 0.3) is 11.8 Å². The molecule has 2 aromatic rings. The zero-order chi connectivity index (χ0) is 20.9. The van der Waals surface area contributed by atoms with Crippen LogP contribution in [0.5, 0.6) is 0 Å². The predicted molar refractivity (Wildman–Crippen MR) is 112 cm³/mol. The van der Waals surface area contributed by atoms with E-state index in [4.69, 9.17) is 9.72 Å². The van der Waals surface area contributed by atoms with Crippen LogP contribution in [0.2, 0.25) is 0 Å². The highest BCUT2D eigenvalue weighted by molar-refractivity contribution is 5.95. The Labute approximate surface area is 176 Å². The van der Waals surface area contributed by atoms with Crippen molar-refractivity contribution in [2.45, 2.75) is 51.2 Å². The van der Waals surface area contributed by atoms with Crippen LogP contribution in [0, 0.1) is 6.92 Å². The molecule has 0 bridgehead atoms. The van der Waals surface area contributed by atoms with E-state index in [1.165, 1.54) is 0 Å². The number of nitrogens with one attached hydrogen (secondary N) is 1. The van der Waals surface area contributed by atoms with Crippen LogP contribution in [0.3, 0.4) is 0 Å². The second-order valence-corrected chi connectivity index (χ2v) is 8.03. The second kappa shape index (κ2) is 9.34. The fourth-order valence-electron chi connectivity index (χ4n) is 4.21. The largest absolute Gasteiger partial charge is 0.368 e. The van der Waals surface area contributed by atoms with Crippen molar-refractivity contribution in [1.29, 1.82) is 0 Å². The Morgan fingerprint density at radius 1 is 1.20 bits per heavy atom. The fourth-order valence-corrected chi connectivity index (χ4v) is 4.21. The quantitative estimate of drug-likeness (QED) is 0.822. The van der Waals surface area contributed by atoms with Gasteiger partial charge in [0, 0.05) is 50.2 Å². The van der Waals surface area contributed by atoms with E-state index in [9.17, 15) is 9.59 Å². The number of piperidine rings is 1. The maximum absolute atomic E-state index is 12.9. The van der Waals surface area contributed by atoms with E-state index in [1.54, 1.807) is 12.4 Å². The summed E-state index contributed by atoms with van der Waals surface area (Å²) in [5.41, 5.74) is 3.30. The zero-order valence-corrected chi connectivity index (χ0v) is 17.3. The monoisotopic (exact) mass is 408 g/mol. The number of likely N-dealkylation sites (tertiary alicyclic amines) is 1. The lowest BCUT2D eigenvalue weighted by Crippen LogP contribution is -2.43. The highest BCUT2D eigenvalue weighted by Crippen LogP contribution is 2.30. The maximum Gasteiger partial charge on any atom is 0.253 e. The Morgan fingerprint density at radius 2 is 2.03 bits per heavy atom. The smallest absolute Gasteiger partial charge is 0.253 e. The Kier molecular flexibility index (Phi) is 6.38. The number of carbonyl (C=O) groups is 2. The first-order valence-electron chi connectivity index (χ1n) is 10.7. The summed E-state index contributed by atoms with van der Waals surface area (Å²) in [5, 5.41) is 2.98. The molecule has 4 heterocycles. The summed E-state index contributed by atoms with van der Waals surface area (Å²) >= 11 is 0. The fraction of sp³-hybridized carbons (Fsp3) is 0.478. The molecule has 7 heteroatoms. The molecule has 1 N–H and O–H groups in total. The first-order valence-corrected chi connectivity index (χ1v) is 10.7. The summed E-state index contributed by atoms with van der Waals surface area (Å²) in [6.07, 6.45) is 6.57. The molecule has 0 saturated carbocycles. The van der Waals surface area contributed by atoms with Gasteiger partial charge >= 0.3 is 0 Å². The number of carbonyl (C=O) groups excluding carboxylic acids is 2. The molecule has 0 radical (unpaired) electrons. The molecule has 0 aliphatic carbocycles. The van der Waals surface area contributed by atoms with Gasteiger partial charge in [0.05, 0.1) is 11.3 Å². The van der Waals surface area contributed by atoms with Crippen LogP contribution in [0.4, 0.5) is 0 Å². The number of pyridine rings is 2. The molecule has 2 saturated heterocycles. The average molecular weight is 409 g/mol. The highest BCUT2D eigenvalue weighted by atomic mass is 16.5. The van der Waals surface area contributed by atoms with Gasteiger partial charge in [-0.3, -0.25) is 19.6 Å². The summed E-state index contributed by atoms with van der Waals surface area (Å²) in [6, 6.07) is 7.52. The van der Waals surface area contributed by atoms with Crippen LogP contribution in [0.25, 0.3) is 0 Å². The van der Waals surface area contributed by atoms with Crippen molar-refractivity contribution in [3.8, 4) is 0 Å². The molecule has 30 heavy (non-hydrogen) atoms. The first-order chi connectivity index (χ1) is 14.6. The molecule has 0 spiro atoms. The third-order valence-corrected chi connectivity index (χ3v) is 5.88. The molecule has 2 amide bonds. The summed E-state index contributed by atoms with van der Waals surface area (Å²) in [6.45, 7) is 4.40. The lowest BCUT2D eigenvalue weighted by molar-refractivity contribution is -0.142. The summed E-state index contributed by atoms with van der Waals surface area (Å²) in [7, 11) is 0. The van der Waals surface area contributed by atoms with Crippen molar-refractivity contribution < 1.29 is 14.3 Å². The molecule has 4 rings (SSSR count). The number of rotatable bonds is 5. The van der Waals surface area contributed by atoms with Gasteiger partial charge in [0.1, 0.15) is 6.10 Å². The van der Waals surface area contributed by atoms with Gasteiger partial charge in [0.2, 0.25) is 0 Å². The molecular formula is C23H28N4O3. The number of nitrogens with zero attached hydrogens (tertiary/aromatic N) is 3. The van der Waals surface area contributed by atoms with Gasteiger partial charge in [-0.1, -0.05) is 6.07 Å². The van der Waals surface area contributed by atoms with Crippen molar-refractivity contribution in [3.63, 3.8) is 0 Å². The van der Waals surface area contributed by atoms with Crippen molar-refractivity contribution in [2.75, 3.05) is 19.7 Å². The third-order valence-electron chi connectivity index (χ3n) is 5.88. The van der Waals surface area contributed by atoms with Crippen molar-refractivity contribution in [2.24, 2.45) is 0 Å². The maximum atomic E-state index is 12.9. The molecule has 2 aromatic heterocycles. The topological polar surface area (TPSA) is 84.4 Å². The minimum absolute atomic E-state index is 0.109. The predicted octanol–water partition coefficient (Wildman–Crippen LogP) is 2.60. The Balaban J connectivity index is 1.42. The molecule has 7 nitrogen and oxygen atoms in total. The van der Waals surface area contributed by atoms with Crippen LogP contribution >= 0.6 is 0 Å². The van der Waals surface area contributed by atoms with E-state index in [0.717, 1.165) is 42.6 Å². The van der Waals surface area contributed by atoms with E-state index < -0.39 is 0 Å². The average Bonchev–Trinajstić information content (AvgIpc) is 3.33. The second-order valence-electron chi connectivity index (χ2n) is 8.03. The highest BCUT2D eigenvalue weighted by Gasteiger charge is 2.32. The molecule has 2 aliphatic heterocycles. The minimum atomic E-state index is -0.271. The van der Waals surface area contributed by atoms with E-state index in [1.807, 2.05) is 36.1 Å². The molecule has 158 valence electrons. The summed E-state index contributed by atoms with van der Waals surface area (Å²) in [5.74, 6) is 0.148. The van der Waals surface area contributed by atoms with Gasteiger partial charge in [-0.05, 0) is 56.4 Å². The number of amides is 2. The number of hydrogen-bond acceptors (Lipinski definition) is 5. The standard InChI is InChI=1S/C23H28N4O3/c1-16-6-7-19(22(28)25-15-17-4-2-10-24-14-17)21(26-16)18-8-11-27(12-9-18)23(29)20-5-3-13-30-20/h2,4,6-7,10,14,18,20H,3,5,8-9,11-13,15H2,1H3,(H,25,28). The van der Waals surface area contributed by atoms with Crippen LogP contribution in [-0.2, 0) is 16.1 Å². The van der Waals surface area contributed by atoms with Crippen LogP contribution < -0.4 is 5.32 Å². The molecule has 1 unspecified atom stereocenters. The number of aromatic nitrogens is 2. The third kappa shape index (κ3) is 4.67. The number of ether oxygens (including phenoxy) is 1. The van der Waals surface area contributed by atoms with Crippen molar-refractivity contribution in [3.05, 3.63) is 59.2 Å². The molecule has 2 fully saturated rings. The van der Waals surface area contributed by atoms with Gasteiger partial charge in [-0.15, -0.1) is 0 Å². The number of aryl methyl sites for hydroxylation is 1. The first kappa shape index (κ1) is 20.5. The van der Waals surface area contributed by atoms with Gasteiger partial charge in [0.15, 0.2) is 0 Å². The Bertz CT molecular complexity index is 889. The number of hydrogen-bond donors (Lipinski definition) is 1. The van der Waals surface area contributed by atoms with E-state index in [0.29, 0.717) is 31.8 Å². The van der Waals surface area contributed by atoms with E-state index >= 15 is 0 Å². The van der Waals surface area contributed by atoms with Gasteiger partial charge in [-0.2, -0.15) is 0 Å². The molecular weight excluding hydrogens is 380 g/mol. The summed E-state index contributed by atoms with van der Waals surface area (Å²) in [4.78, 5) is 36.2. The lowest BCUT2D eigenvalue weighted by atomic mass is 9.89. The van der Waals surface area contributed by atoms with Crippen LogP contribution in [-0.4, -0.2) is 52.5 Å². The molecule has 2 aliphatic rings. The summed E-state index contributed by atoms with van der Waals surface area (Å²) < 4.78 is 5.55. The van der Waals surface area contributed by atoms with Crippen molar-refractivity contribution >= 4 is 11.8 Å². The SMILES string of the molecule is Cc1ccc(C(=O)NCc2cccnc2)c(C2CCN(C(=O)C3CCCO3)CC2)n1.